The quantitative estimate of drug-likeness (QED) is 0.384. The van der Waals surface area contributed by atoms with Gasteiger partial charge in [-0.05, 0) is 47.1 Å². The predicted molar refractivity (Wildman–Crippen MR) is 125 cm³/mol. The average Bonchev–Trinajstić information content (AvgIpc) is 3.10. The van der Waals surface area contributed by atoms with Crippen LogP contribution in [-0.4, -0.2) is 42.0 Å². The van der Waals surface area contributed by atoms with Crippen molar-refractivity contribution in [1.29, 1.82) is 0 Å². The molecule has 0 aliphatic carbocycles. The van der Waals surface area contributed by atoms with E-state index < -0.39 is 11.9 Å². The van der Waals surface area contributed by atoms with E-state index in [4.69, 9.17) is 5.11 Å². The number of anilines is 1. The van der Waals surface area contributed by atoms with Gasteiger partial charge in [0.05, 0.1) is 12.3 Å². The molecule has 3 N–H and O–H groups in total. The first kappa shape index (κ1) is 21.3. The van der Waals surface area contributed by atoms with E-state index in [1.54, 1.807) is 11.0 Å². The van der Waals surface area contributed by atoms with E-state index in [-0.39, 0.29) is 24.8 Å². The third kappa shape index (κ3) is 3.90. The van der Waals surface area contributed by atoms with Crippen LogP contribution in [0.3, 0.4) is 0 Å². The summed E-state index contributed by atoms with van der Waals surface area (Å²) in [6, 6.07) is 17.3. The zero-order chi connectivity index (χ0) is 22.9. The van der Waals surface area contributed by atoms with Gasteiger partial charge in [0.2, 0.25) is 11.8 Å². The second-order valence-corrected chi connectivity index (χ2v) is 8.51. The van der Waals surface area contributed by atoms with Crippen molar-refractivity contribution < 1.29 is 19.5 Å². The highest BCUT2D eigenvalue weighted by molar-refractivity contribution is 6.27. The largest absolute Gasteiger partial charge is 0.395 e. The summed E-state index contributed by atoms with van der Waals surface area (Å²) in [4.78, 5) is 38.9. The number of hydrogen-bond donors (Lipinski definition) is 3. The highest BCUT2D eigenvalue weighted by Crippen LogP contribution is 2.41. The molecule has 1 atom stereocenters. The van der Waals surface area contributed by atoms with Gasteiger partial charge < -0.3 is 10.4 Å². The van der Waals surface area contributed by atoms with E-state index in [2.05, 4.69) is 34.9 Å². The zero-order valence-corrected chi connectivity index (χ0v) is 18.1. The summed E-state index contributed by atoms with van der Waals surface area (Å²) in [5.41, 5.74) is 4.75. The molecule has 0 aromatic heterocycles. The molecule has 0 unspecified atom stereocenters. The Balaban J connectivity index is 1.45. The number of imide groups is 1. The van der Waals surface area contributed by atoms with Gasteiger partial charge in [0.25, 0.3) is 5.91 Å². The fraction of sp³-hybridized carbons (Fsp3) is 0.269. The number of aliphatic hydroxyl groups is 1. The van der Waals surface area contributed by atoms with Crippen molar-refractivity contribution in [1.82, 2.24) is 10.6 Å². The summed E-state index contributed by atoms with van der Waals surface area (Å²) >= 11 is 0. The van der Waals surface area contributed by atoms with Crippen LogP contribution in [0.2, 0.25) is 0 Å². The summed E-state index contributed by atoms with van der Waals surface area (Å²) in [6.07, 6.45) is 1.27. The van der Waals surface area contributed by atoms with Crippen molar-refractivity contribution >= 4 is 34.2 Å². The van der Waals surface area contributed by atoms with Crippen LogP contribution in [0.1, 0.15) is 39.9 Å². The number of amides is 3. The van der Waals surface area contributed by atoms with Crippen LogP contribution in [0.25, 0.3) is 10.8 Å². The number of benzene rings is 3. The predicted octanol–water partition coefficient (Wildman–Crippen LogP) is 2.28. The molecule has 0 bridgehead atoms. The van der Waals surface area contributed by atoms with E-state index in [9.17, 15) is 14.4 Å². The minimum absolute atomic E-state index is 0.118. The molecule has 0 spiro atoms. The molecule has 0 radical (unpaired) electrons. The summed E-state index contributed by atoms with van der Waals surface area (Å²) in [5.74, 6) is -0.906. The van der Waals surface area contributed by atoms with Gasteiger partial charge in [-0.2, -0.15) is 0 Å². The standard InChI is InChI=1S/C26H25N3O4/c30-13-12-27-15-17-6-4-16(5-7-17)14-18-8-9-21-24-19(18)2-1-3-20(24)26(33)29(21)22-10-11-23(31)28-25(22)32/h1-9,22,27,30H,10-15H2,(H,28,31,32)/t22-/m1/s1. The maximum absolute atomic E-state index is 13.3. The summed E-state index contributed by atoms with van der Waals surface area (Å²) in [5, 5.41) is 16.3. The number of aliphatic hydroxyl groups excluding tert-OH is 1. The summed E-state index contributed by atoms with van der Waals surface area (Å²) in [7, 11) is 0. The zero-order valence-electron chi connectivity index (χ0n) is 18.1. The van der Waals surface area contributed by atoms with Crippen LogP contribution in [0.4, 0.5) is 5.69 Å². The Morgan fingerprint density at radius 2 is 1.79 bits per heavy atom. The molecule has 2 aliphatic rings. The Kier molecular flexibility index (Phi) is 5.66. The molecule has 168 valence electrons. The SMILES string of the molecule is O=C1CC[C@@H](N2C(=O)c3cccc4c(Cc5ccc(CNCCO)cc5)ccc2c34)C(=O)N1. The van der Waals surface area contributed by atoms with Gasteiger partial charge in [-0.15, -0.1) is 0 Å². The molecule has 1 fully saturated rings. The molecule has 5 rings (SSSR count). The third-order valence-electron chi connectivity index (χ3n) is 6.37. The number of hydrogen-bond acceptors (Lipinski definition) is 5. The molecule has 33 heavy (non-hydrogen) atoms. The Morgan fingerprint density at radius 1 is 1.00 bits per heavy atom. The lowest BCUT2D eigenvalue weighted by Gasteiger charge is -2.30. The lowest BCUT2D eigenvalue weighted by atomic mass is 9.95. The van der Waals surface area contributed by atoms with Gasteiger partial charge in [-0.1, -0.05) is 42.5 Å². The first-order chi connectivity index (χ1) is 16.1. The molecule has 2 heterocycles. The Morgan fingerprint density at radius 3 is 2.55 bits per heavy atom. The Hall–Kier alpha value is -3.55. The van der Waals surface area contributed by atoms with E-state index in [1.165, 1.54) is 0 Å². The van der Waals surface area contributed by atoms with Crippen LogP contribution in [0.5, 0.6) is 0 Å². The van der Waals surface area contributed by atoms with Crippen molar-refractivity contribution in [3.8, 4) is 0 Å². The highest BCUT2D eigenvalue weighted by atomic mass is 16.3. The van der Waals surface area contributed by atoms with Crippen molar-refractivity contribution in [2.75, 3.05) is 18.1 Å². The van der Waals surface area contributed by atoms with Crippen LogP contribution < -0.4 is 15.5 Å². The van der Waals surface area contributed by atoms with Crippen molar-refractivity contribution in [3.05, 3.63) is 76.9 Å². The van der Waals surface area contributed by atoms with Gasteiger partial charge in [-0.25, -0.2) is 0 Å². The minimum atomic E-state index is -0.677. The van der Waals surface area contributed by atoms with E-state index in [1.807, 2.05) is 24.3 Å². The molecule has 3 aromatic carbocycles. The van der Waals surface area contributed by atoms with E-state index >= 15 is 0 Å². The van der Waals surface area contributed by atoms with Crippen LogP contribution in [0, 0.1) is 0 Å². The second-order valence-electron chi connectivity index (χ2n) is 8.51. The van der Waals surface area contributed by atoms with Crippen molar-refractivity contribution in [2.45, 2.75) is 31.8 Å². The average molecular weight is 444 g/mol. The van der Waals surface area contributed by atoms with Crippen molar-refractivity contribution in [3.63, 3.8) is 0 Å². The topological polar surface area (TPSA) is 98.7 Å². The van der Waals surface area contributed by atoms with Crippen LogP contribution in [0.15, 0.2) is 54.6 Å². The molecule has 0 saturated carbocycles. The molecule has 1 saturated heterocycles. The maximum Gasteiger partial charge on any atom is 0.259 e. The first-order valence-electron chi connectivity index (χ1n) is 11.2. The molecular weight excluding hydrogens is 418 g/mol. The van der Waals surface area contributed by atoms with Crippen LogP contribution in [-0.2, 0) is 22.6 Å². The fourth-order valence-electron chi connectivity index (χ4n) is 4.77. The first-order valence-corrected chi connectivity index (χ1v) is 11.2. The normalized spacial score (nSPS) is 17.7. The second kappa shape index (κ2) is 8.77. The summed E-state index contributed by atoms with van der Waals surface area (Å²) in [6.45, 7) is 1.39. The third-order valence-corrected chi connectivity index (χ3v) is 6.37. The number of nitrogens with one attached hydrogen (secondary N) is 2. The Labute approximate surface area is 191 Å². The lowest BCUT2D eigenvalue weighted by molar-refractivity contribution is -0.134. The fourth-order valence-corrected chi connectivity index (χ4v) is 4.77. The summed E-state index contributed by atoms with van der Waals surface area (Å²) < 4.78 is 0. The molecule has 7 heteroatoms. The molecular formula is C26H25N3O4. The van der Waals surface area contributed by atoms with Gasteiger partial charge in [0.1, 0.15) is 6.04 Å². The number of carbonyl (C=O) groups is 3. The minimum Gasteiger partial charge on any atom is -0.395 e. The molecule has 3 aromatic rings. The number of piperidine rings is 1. The van der Waals surface area contributed by atoms with Gasteiger partial charge in [0, 0.05) is 30.5 Å². The Bertz CT molecular complexity index is 1250. The highest BCUT2D eigenvalue weighted by Gasteiger charge is 2.40. The lowest BCUT2D eigenvalue weighted by Crippen LogP contribution is -2.53. The maximum atomic E-state index is 13.3. The van der Waals surface area contributed by atoms with Gasteiger partial charge in [0.15, 0.2) is 0 Å². The number of carbonyl (C=O) groups excluding carboxylic acids is 3. The van der Waals surface area contributed by atoms with E-state index in [0.717, 1.165) is 39.6 Å². The monoisotopic (exact) mass is 443 g/mol. The molecule has 7 nitrogen and oxygen atoms in total. The smallest absolute Gasteiger partial charge is 0.259 e. The molecule has 2 aliphatic heterocycles. The van der Waals surface area contributed by atoms with Crippen molar-refractivity contribution in [2.24, 2.45) is 0 Å². The molecule has 3 amide bonds. The van der Waals surface area contributed by atoms with E-state index in [0.29, 0.717) is 25.1 Å². The number of nitrogens with zero attached hydrogens (tertiary/aromatic N) is 1. The van der Waals surface area contributed by atoms with Crippen LogP contribution >= 0.6 is 0 Å². The number of rotatable bonds is 7. The van der Waals surface area contributed by atoms with Gasteiger partial charge >= 0.3 is 0 Å². The van der Waals surface area contributed by atoms with Gasteiger partial charge in [-0.3, -0.25) is 24.6 Å².